The maximum atomic E-state index is 11.7. The molecule has 0 bridgehead atoms. The normalized spacial score (nSPS) is 15.7. The van der Waals surface area contributed by atoms with Gasteiger partial charge >= 0.3 is 0 Å². The van der Waals surface area contributed by atoms with Crippen LogP contribution in [0.25, 0.3) is 0 Å². The van der Waals surface area contributed by atoms with E-state index in [0.29, 0.717) is 13.1 Å². The topological polar surface area (TPSA) is 133 Å². The molecule has 10 heteroatoms. The largest absolute Gasteiger partial charge is 0.355 e. The molecule has 2 N–H and O–H groups in total. The second-order valence-corrected chi connectivity index (χ2v) is 6.31. The molecule has 10 nitrogen and oxygen atoms in total. The first-order chi connectivity index (χ1) is 13.4. The van der Waals surface area contributed by atoms with E-state index < -0.39 is 35.4 Å². The smallest absolute Gasteiger partial charge is 0.254 e. The Morgan fingerprint density at radius 3 is 1.25 bits per heavy atom. The third kappa shape index (κ3) is 6.15. The van der Waals surface area contributed by atoms with Crippen LogP contribution in [0.15, 0.2) is 24.3 Å². The van der Waals surface area contributed by atoms with Gasteiger partial charge in [0.2, 0.25) is 11.8 Å². The summed E-state index contributed by atoms with van der Waals surface area (Å²) in [4.78, 5) is 70.5. The first kappa shape index (κ1) is 21.0. The van der Waals surface area contributed by atoms with Gasteiger partial charge in [-0.3, -0.25) is 38.6 Å². The summed E-state index contributed by atoms with van der Waals surface area (Å²) < 4.78 is 0. The quantitative estimate of drug-likeness (QED) is 0.330. The molecule has 0 saturated heterocycles. The molecule has 0 spiro atoms. The van der Waals surface area contributed by atoms with Crippen molar-refractivity contribution in [2.24, 2.45) is 0 Å². The second-order valence-electron chi connectivity index (χ2n) is 6.31. The zero-order chi connectivity index (χ0) is 20.5. The zero-order valence-corrected chi connectivity index (χ0v) is 15.3. The van der Waals surface area contributed by atoms with Crippen LogP contribution in [-0.4, -0.2) is 71.4 Å². The van der Waals surface area contributed by atoms with E-state index in [1.807, 2.05) is 0 Å². The Bertz CT molecular complexity index is 644. The highest BCUT2D eigenvalue weighted by molar-refractivity contribution is 6.15. The van der Waals surface area contributed by atoms with E-state index in [9.17, 15) is 28.8 Å². The summed E-state index contributed by atoms with van der Waals surface area (Å²) >= 11 is 0. The Hall–Kier alpha value is -3.30. The lowest BCUT2D eigenvalue weighted by molar-refractivity contribution is -0.141. The third-order valence-electron chi connectivity index (χ3n) is 4.15. The van der Waals surface area contributed by atoms with Crippen LogP contribution in [0.1, 0.15) is 25.7 Å². The number of nitrogens with one attached hydrogen (secondary N) is 2. The van der Waals surface area contributed by atoms with Gasteiger partial charge in [0, 0.05) is 37.4 Å². The summed E-state index contributed by atoms with van der Waals surface area (Å²) in [5, 5.41) is 5.30. The molecule has 0 aromatic heterocycles. The van der Waals surface area contributed by atoms with Crippen molar-refractivity contribution in [2.75, 3.05) is 26.2 Å². The fourth-order valence-electron chi connectivity index (χ4n) is 2.63. The maximum Gasteiger partial charge on any atom is 0.254 e. The molecule has 0 saturated carbocycles. The monoisotopic (exact) mass is 390 g/mol. The minimum absolute atomic E-state index is 0.283. The van der Waals surface area contributed by atoms with Gasteiger partial charge in [0.1, 0.15) is 13.1 Å². The Labute approximate surface area is 161 Å². The minimum atomic E-state index is -0.489. The summed E-state index contributed by atoms with van der Waals surface area (Å²) in [5.41, 5.74) is 0. The van der Waals surface area contributed by atoms with Crippen molar-refractivity contribution in [1.29, 1.82) is 0 Å². The van der Waals surface area contributed by atoms with Crippen LogP contribution in [0.5, 0.6) is 0 Å². The minimum Gasteiger partial charge on any atom is -0.355 e. The molecule has 150 valence electrons. The number of amides is 6. The van der Waals surface area contributed by atoms with Gasteiger partial charge in [0.15, 0.2) is 0 Å². The van der Waals surface area contributed by atoms with Gasteiger partial charge in [-0.2, -0.15) is 0 Å². The second kappa shape index (κ2) is 10.1. The fourth-order valence-corrected chi connectivity index (χ4v) is 2.63. The van der Waals surface area contributed by atoms with Crippen LogP contribution in [0, 0.1) is 0 Å². The van der Waals surface area contributed by atoms with Gasteiger partial charge in [-0.25, -0.2) is 0 Å². The summed E-state index contributed by atoms with van der Waals surface area (Å²) in [5.74, 6) is -2.74. The summed E-state index contributed by atoms with van der Waals surface area (Å²) in [6.07, 6.45) is 7.62. The van der Waals surface area contributed by atoms with E-state index in [0.717, 1.165) is 59.8 Å². The molecule has 0 aliphatic carbocycles. The Kier molecular flexibility index (Phi) is 7.61. The average molecular weight is 390 g/mol. The van der Waals surface area contributed by atoms with E-state index in [1.165, 1.54) is 0 Å². The zero-order valence-electron chi connectivity index (χ0n) is 15.3. The molecule has 0 atom stereocenters. The van der Waals surface area contributed by atoms with E-state index in [4.69, 9.17) is 0 Å². The van der Waals surface area contributed by atoms with Crippen molar-refractivity contribution in [1.82, 2.24) is 20.4 Å². The number of carbonyl (C=O) groups excluding carboxylic acids is 6. The van der Waals surface area contributed by atoms with Gasteiger partial charge in [-0.1, -0.05) is 12.8 Å². The molecule has 0 aromatic rings. The van der Waals surface area contributed by atoms with Crippen molar-refractivity contribution in [3.05, 3.63) is 24.3 Å². The molecule has 0 unspecified atom stereocenters. The first-order valence-electron chi connectivity index (χ1n) is 8.99. The molecule has 6 amide bonds. The predicted molar refractivity (Wildman–Crippen MR) is 96.2 cm³/mol. The highest BCUT2D eigenvalue weighted by Gasteiger charge is 2.26. The number of rotatable bonds is 11. The number of hydrogen-bond donors (Lipinski definition) is 2. The SMILES string of the molecule is O=C(CN1C(=O)C=CC1=O)NCCCCCCNC(=O)CN1C(=O)C=CC1=O. The van der Waals surface area contributed by atoms with Crippen LogP contribution < -0.4 is 10.6 Å². The number of unbranched alkanes of at least 4 members (excludes halogenated alkanes) is 3. The highest BCUT2D eigenvalue weighted by Crippen LogP contribution is 2.04. The Balaban J connectivity index is 1.45. The molecule has 2 aliphatic rings. The molecule has 2 heterocycles. The van der Waals surface area contributed by atoms with Crippen molar-refractivity contribution in [3.63, 3.8) is 0 Å². The van der Waals surface area contributed by atoms with Gasteiger partial charge in [-0.15, -0.1) is 0 Å². The van der Waals surface area contributed by atoms with Gasteiger partial charge in [-0.05, 0) is 12.8 Å². The number of carbonyl (C=O) groups is 6. The van der Waals surface area contributed by atoms with E-state index >= 15 is 0 Å². The third-order valence-corrected chi connectivity index (χ3v) is 4.15. The highest BCUT2D eigenvalue weighted by atomic mass is 16.2. The molecule has 28 heavy (non-hydrogen) atoms. The fraction of sp³-hybridized carbons (Fsp3) is 0.444. The van der Waals surface area contributed by atoms with Crippen LogP contribution in [0.2, 0.25) is 0 Å². The predicted octanol–water partition coefficient (Wildman–Crippen LogP) is -1.37. The first-order valence-corrected chi connectivity index (χ1v) is 8.99. The van der Waals surface area contributed by atoms with Crippen molar-refractivity contribution >= 4 is 35.4 Å². The molecule has 2 rings (SSSR count). The standard InChI is InChI=1S/C18H22N4O6/c23-13(11-21-15(25)5-6-16(21)26)19-9-3-1-2-4-10-20-14(24)12-22-17(27)7-8-18(22)28/h5-8H,1-4,9-12H2,(H,19,23)(H,20,24). The van der Waals surface area contributed by atoms with Gasteiger partial charge in [0.05, 0.1) is 0 Å². The van der Waals surface area contributed by atoms with Crippen LogP contribution in [0.4, 0.5) is 0 Å². The average Bonchev–Trinajstić information content (AvgIpc) is 3.14. The summed E-state index contributed by atoms with van der Waals surface area (Å²) in [7, 11) is 0. The summed E-state index contributed by atoms with van der Waals surface area (Å²) in [6, 6.07) is 0. The molecular weight excluding hydrogens is 368 g/mol. The van der Waals surface area contributed by atoms with Crippen LogP contribution in [0.3, 0.4) is 0 Å². The molecule has 0 radical (unpaired) electrons. The lowest BCUT2D eigenvalue weighted by Gasteiger charge is -2.13. The van der Waals surface area contributed by atoms with Gasteiger partial charge in [0.25, 0.3) is 23.6 Å². The van der Waals surface area contributed by atoms with Crippen LogP contribution in [-0.2, 0) is 28.8 Å². The molecular formula is C18H22N4O6. The maximum absolute atomic E-state index is 11.7. The number of hydrogen-bond acceptors (Lipinski definition) is 6. The summed E-state index contributed by atoms with van der Waals surface area (Å²) in [6.45, 7) is 0.296. The van der Waals surface area contributed by atoms with E-state index in [-0.39, 0.29) is 13.1 Å². The van der Waals surface area contributed by atoms with Gasteiger partial charge < -0.3 is 10.6 Å². The Morgan fingerprint density at radius 2 is 0.929 bits per heavy atom. The Morgan fingerprint density at radius 1 is 0.607 bits per heavy atom. The molecule has 2 aliphatic heterocycles. The molecule has 0 fully saturated rings. The number of nitrogens with zero attached hydrogens (tertiary/aromatic N) is 2. The molecule has 0 aromatic carbocycles. The van der Waals surface area contributed by atoms with E-state index in [1.54, 1.807) is 0 Å². The van der Waals surface area contributed by atoms with Crippen LogP contribution >= 0.6 is 0 Å². The van der Waals surface area contributed by atoms with E-state index in [2.05, 4.69) is 10.6 Å². The van der Waals surface area contributed by atoms with Crippen molar-refractivity contribution in [2.45, 2.75) is 25.7 Å². The van der Waals surface area contributed by atoms with Crippen molar-refractivity contribution in [3.8, 4) is 0 Å². The van der Waals surface area contributed by atoms with Crippen molar-refractivity contribution < 1.29 is 28.8 Å². The lowest BCUT2D eigenvalue weighted by Crippen LogP contribution is -2.40. The lowest BCUT2D eigenvalue weighted by atomic mass is 10.2. The number of imide groups is 2.